The molecule has 0 spiro atoms. The van der Waals surface area contributed by atoms with Crippen molar-refractivity contribution in [1.29, 1.82) is 0 Å². The van der Waals surface area contributed by atoms with Crippen molar-refractivity contribution in [3.8, 4) is 11.1 Å². The quantitative estimate of drug-likeness (QED) is 0.472. The van der Waals surface area contributed by atoms with E-state index >= 15 is 0 Å². The van der Waals surface area contributed by atoms with E-state index in [0.717, 1.165) is 16.8 Å². The topological polar surface area (TPSA) is 71.1 Å². The Hall–Kier alpha value is -3.09. The summed E-state index contributed by atoms with van der Waals surface area (Å²) in [6.07, 6.45) is 1.63. The second-order valence-corrected chi connectivity index (χ2v) is 8.89. The van der Waals surface area contributed by atoms with E-state index in [0.29, 0.717) is 33.7 Å². The van der Waals surface area contributed by atoms with Crippen LogP contribution < -0.4 is 10.0 Å². The van der Waals surface area contributed by atoms with Crippen LogP contribution in [-0.4, -0.2) is 13.4 Å². The predicted octanol–water partition coefficient (Wildman–Crippen LogP) is 5.28. The third-order valence-corrected chi connectivity index (χ3v) is 6.70. The zero-order valence-corrected chi connectivity index (χ0v) is 16.8. The molecule has 5 nitrogen and oxygen atoms in total. The summed E-state index contributed by atoms with van der Waals surface area (Å²) in [5, 5.41) is 4.59. The molecule has 7 heteroatoms. The van der Waals surface area contributed by atoms with Crippen molar-refractivity contribution in [3.63, 3.8) is 0 Å². The third kappa shape index (κ3) is 3.10. The van der Waals surface area contributed by atoms with E-state index in [-0.39, 0.29) is 4.90 Å². The van der Waals surface area contributed by atoms with Gasteiger partial charge in [0.25, 0.3) is 10.0 Å². The van der Waals surface area contributed by atoms with Gasteiger partial charge in [0.15, 0.2) is 0 Å². The fourth-order valence-corrected chi connectivity index (χ4v) is 5.14. The van der Waals surface area contributed by atoms with Crippen LogP contribution in [0.15, 0.2) is 77.8 Å². The van der Waals surface area contributed by atoms with Gasteiger partial charge in [-0.25, -0.2) is 8.42 Å². The monoisotopic (exact) mass is 421 g/mol. The highest BCUT2D eigenvalue weighted by molar-refractivity contribution is 7.93. The molecule has 0 atom stereocenters. The highest BCUT2D eigenvalue weighted by Gasteiger charge is 2.30. The molecular formula is C22H16ClN3O2S. The van der Waals surface area contributed by atoms with Gasteiger partial charge in [-0.1, -0.05) is 41.9 Å². The van der Waals surface area contributed by atoms with Crippen molar-refractivity contribution in [3.05, 3.63) is 83.5 Å². The summed E-state index contributed by atoms with van der Waals surface area (Å²) < 4.78 is 28.4. The Morgan fingerprint density at radius 3 is 2.62 bits per heavy atom. The molecule has 3 aromatic carbocycles. The Kier molecular flexibility index (Phi) is 4.19. The number of rotatable bonds is 3. The van der Waals surface area contributed by atoms with Crippen LogP contribution in [0.4, 0.5) is 11.4 Å². The Balaban J connectivity index is 1.65. The lowest BCUT2D eigenvalue weighted by atomic mass is 10.00. The van der Waals surface area contributed by atoms with Gasteiger partial charge >= 0.3 is 0 Å². The van der Waals surface area contributed by atoms with E-state index in [2.05, 4.69) is 15.0 Å². The molecule has 2 heterocycles. The lowest BCUT2D eigenvalue weighted by Gasteiger charge is -2.24. The van der Waals surface area contributed by atoms with Gasteiger partial charge in [-0.15, -0.1) is 0 Å². The average molecular weight is 422 g/mol. The van der Waals surface area contributed by atoms with E-state index in [1.54, 1.807) is 30.5 Å². The van der Waals surface area contributed by atoms with E-state index in [1.807, 2.05) is 42.5 Å². The summed E-state index contributed by atoms with van der Waals surface area (Å²) in [7, 11) is -3.70. The molecule has 0 unspecified atom stereocenters. The number of halogens is 1. The van der Waals surface area contributed by atoms with E-state index in [1.165, 1.54) is 0 Å². The zero-order valence-electron chi connectivity index (χ0n) is 15.2. The highest BCUT2D eigenvalue weighted by atomic mass is 35.5. The Bertz CT molecular complexity index is 1360. The first-order valence-electron chi connectivity index (χ1n) is 9.05. The van der Waals surface area contributed by atoms with Crippen molar-refractivity contribution in [2.45, 2.75) is 11.4 Å². The summed E-state index contributed by atoms with van der Waals surface area (Å²) in [6.45, 7) is 0.636. The lowest BCUT2D eigenvalue weighted by Crippen LogP contribution is -2.19. The molecule has 0 bridgehead atoms. The molecule has 0 fully saturated rings. The van der Waals surface area contributed by atoms with Gasteiger partial charge in [0, 0.05) is 34.9 Å². The molecule has 0 amide bonds. The number of benzene rings is 3. The number of fused-ring (bicyclic) bond motifs is 5. The highest BCUT2D eigenvalue weighted by Crippen LogP contribution is 2.45. The maximum atomic E-state index is 12.9. The van der Waals surface area contributed by atoms with Crippen LogP contribution in [-0.2, 0) is 16.6 Å². The fourth-order valence-electron chi connectivity index (χ4n) is 3.59. The molecular weight excluding hydrogens is 406 g/mol. The molecule has 0 aliphatic carbocycles. The van der Waals surface area contributed by atoms with Gasteiger partial charge in [-0.2, -0.15) is 0 Å². The molecule has 1 aliphatic rings. The Morgan fingerprint density at radius 2 is 1.79 bits per heavy atom. The smallest absolute Gasteiger partial charge is 0.262 e. The van der Waals surface area contributed by atoms with Crippen LogP contribution in [0.2, 0.25) is 5.02 Å². The Labute approximate surface area is 173 Å². The summed E-state index contributed by atoms with van der Waals surface area (Å²) in [6, 6.07) is 20.6. The van der Waals surface area contributed by atoms with Gasteiger partial charge < -0.3 is 5.32 Å². The maximum absolute atomic E-state index is 12.9. The number of nitrogens with one attached hydrogen (secondary N) is 2. The minimum absolute atomic E-state index is 0.224. The minimum atomic E-state index is -3.70. The summed E-state index contributed by atoms with van der Waals surface area (Å²) >= 11 is 6.48. The standard InChI is InChI=1S/C22H16ClN3O2S/c23-19-12-18-17-11-15(25-13-14-5-2-1-3-6-14)8-9-20(17)29(27,28)26-22(18)21-16(19)7-4-10-24-21/h1-12,25-26H,13H2. The van der Waals surface area contributed by atoms with Crippen LogP contribution in [0.3, 0.4) is 0 Å². The molecule has 144 valence electrons. The minimum Gasteiger partial charge on any atom is -0.381 e. The first-order valence-corrected chi connectivity index (χ1v) is 10.9. The number of hydrogen-bond donors (Lipinski definition) is 2. The second kappa shape index (κ2) is 6.76. The number of hydrogen-bond acceptors (Lipinski definition) is 4. The van der Waals surface area contributed by atoms with Gasteiger partial charge in [0.2, 0.25) is 0 Å². The summed E-state index contributed by atoms with van der Waals surface area (Å²) in [5.41, 5.74) is 4.27. The summed E-state index contributed by atoms with van der Waals surface area (Å²) in [4.78, 5) is 4.59. The second-order valence-electron chi connectivity index (χ2n) is 6.84. The van der Waals surface area contributed by atoms with Crippen molar-refractivity contribution in [2.75, 3.05) is 10.0 Å². The Morgan fingerprint density at radius 1 is 0.966 bits per heavy atom. The maximum Gasteiger partial charge on any atom is 0.262 e. The third-order valence-electron chi connectivity index (χ3n) is 4.98. The van der Waals surface area contributed by atoms with Gasteiger partial charge in [-0.3, -0.25) is 9.71 Å². The van der Waals surface area contributed by atoms with Gasteiger partial charge in [-0.05, 0) is 42.0 Å². The SMILES string of the molecule is O=S1(=O)Nc2c(cc(Cl)c3cccnc23)-c2cc(NCc3ccccc3)ccc21. The molecule has 29 heavy (non-hydrogen) atoms. The first-order chi connectivity index (χ1) is 14.0. The molecule has 0 saturated carbocycles. The lowest BCUT2D eigenvalue weighted by molar-refractivity contribution is 0.601. The summed E-state index contributed by atoms with van der Waals surface area (Å²) in [5.74, 6) is 0. The normalized spacial score (nSPS) is 14.0. The van der Waals surface area contributed by atoms with Crippen molar-refractivity contribution < 1.29 is 8.42 Å². The largest absolute Gasteiger partial charge is 0.381 e. The van der Waals surface area contributed by atoms with E-state index < -0.39 is 10.0 Å². The van der Waals surface area contributed by atoms with Crippen LogP contribution in [0, 0.1) is 0 Å². The molecule has 2 N–H and O–H groups in total. The van der Waals surface area contributed by atoms with Crippen LogP contribution in [0.25, 0.3) is 22.0 Å². The van der Waals surface area contributed by atoms with Crippen LogP contribution in [0.1, 0.15) is 5.56 Å². The average Bonchev–Trinajstić information content (AvgIpc) is 2.74. The predicted molar refractivity (Wildman–Crippen MR) is 117 cm³/mol. The molecule has 1 aliphatic heterocycles. The molecule has 0 saturated heterocycles. The van der Waals surface area contributed by atoms with Gasteiger partial charge in [0.1, 0.15) is 0 Å². The zero-order chi connectivity index (χ0) is 20.0. The number of nitrogens with zero attached hydrogens (tertiary/aromatic N) is 1. The molecule has 0 radical (unpaired) electrons. The van der Waals surface area contributed by atoms with Crippen molar-refractivity contribution in [1.82, 2.24) is 4.98 Å². The van der Waals surface area contributed by atoms with E-state index in [4.69, 9.17) is 11.6 Å². The first kappa shape index (κ1) is 18.0. The van der Waals surface area contributed by atoms with Gasteiger partial charge in [0.05, 0.1) is 21.1 Å². The van der Waals surface area contributed by atoms with Crippen LogP contribution in [0.5, 0.6) is 0 Å². The molecule has 1 aromatic heterocycles. The number of pyridine rings is 1. The number of aromatic nitrogens is 1. The number of anilines is 2. The van der Waals surface area contributed by atoms with Crippen molar-refractivity contribution >= 4 is 43.9 Å². The molecule has 4 aromatic rings. The van der Waals surface area contributed by atoms with Crippen molar-refractivity contribution in [2.24, 2.45) is 0 Å². The van der Waals surface area contributed by atoms with Crippen LogP contribution >= 0.6 is 11.6 Å². The number of sulfonamides is 1. The molecule has 5 rings (SSSR count). The fraction of sp³-hybridized carbons (Fsp3) is 0.0455. The van der Waals surface area contributed by atoms with E-state index in [9.17, 15) is 8.42 Å².